The van der Waals surface area contributed by atoms with Crippen molar-refractivity contribution in [2.75, 3.05) is 26.2 Å². The van der Waals surface area contributed by atoms with E-state index in [2.05, 4.69) is 5.32 Å². The third-order valence-corrected chi connectivity index (χ3v) is 3.48. The quantitative estimate of drug-likeness (QED) is 0.808. The molecule has 0 spiro atoms. The van der Waals surface area contributed by atoms with E-state index in [1.807, 2.05) is 0 Å². The smallest absolute Gasteiger partial charge is 0.350 e. The molecule has 138 valence electrons. The van der Waals surface area contributed by atoms with Gasteiger partial charge in [-0.15, -0.1) is 0 Å². The number of carbonyl (C=O) groups excluding carboxylic acids is 3. The Morgan fingerprint density at radius 2 is 1.88 bits per heavy atom. The van der Waals surface area contributed by atoms with Gasteiger partial charge in [0.15, 0.2) is 0 Å². The van der Waals surface area contributed by atoms with Crippen molar-refractivity contribution in [2.24, 2.45) is 5.92 Å². The highest BCUT2D eigenvalue weighted by Gasteiger charge is 2.41. The van der Waals surface area contributed by atoms with Gasteiger partial charge in [-0.25, -0.2) is 0 Å². The van der Waals surface area contributed by atoms with Crippen molar-refractivity contribution in [1.82, 2.24) is 15.1 Å². The zero-order chi connectivity index (χ0) is 18.7. The van der Waals surface area contributed by atoms with Crippen LogP contribution in [-0.2, 0) is 14.4 Å². The van der Waals surface area contributed by atoms with E-state index < -0.39 is 36.0 Å². The Morgan fingerprint density at radius 3 is 2.33 bits per heavy atom. The first kappa shape index (κ1) is 20.2. The molecule has 0 aromatic rings. The van der Waals surface area contributed by atoms with Gasteiger partial charge < -0.3 is 15.1 Å². The number of carbonyl (C=O) groups is 3. The Morgan fingerprint density at radius 1 is 1.29 bits per heavy atom. The van der Waals surface area contributed by atoms with Gasteiger partial charge in [-0.1, -0.05) is 0 Å². The molecule has 0 bridgehead atoms. The van der Waals surface area contributed by atoms with Crippen molar-refractivity contribution in [1.29, 1.82) is 0 Å². The van der Waals surface area contributed by atoms with Crippen molar-refractivity contribution in [3.8, 4) is 0 Å². The van der Waals surface area contributed by atoms with E-state index in [1.54, 1.807) is 27.7 Å². The maximum Gasteiger partial charge on any atom is 0.406 e. The molecule has 9 heteroatoms. The van der Waals surface area contributed by atoms with Crippen LogP contribution in [0.1, 0.15) is 34.1 Å². The van der Waals surface area contributed by atoms with Crippen molar-refractivity contribution in [3.05, 3.63) is 0 Å². The highest BCUT2D eigenvalue weighted by atomic mass is 19.4. The summed E-state index contributed by atoms with van der Waals surface area (Å²) in [6.45, 7) is 5.50. The molecule has 0 saturated carbocycles. The molecule has 1 fully saturated rings. The van der Waals surface area contributed by atoms with Gasteiger partial charge in [0.1, 0.15) is 6.54 Å². The first-order valence-electron chi connectivity index (χ1n) is 7.76. The van der Waals surface area contributed by atoms with Gasteiger partial charge in [-0.2, -0.15) is 13.2 Å². The highest BCUT2D eigenvalue weighted by molar-refractivity contribution is 5.91. The number of hydrogen-bond donors (Lipinski definition) is 1. The average Bonchev–Trinajstić information content (AvgIpc) is 2.72. The Bertz CT molecular complexity index is 496. The lowest BCUT2D eigenvalue weighted by molar-refractivity contribution is -0.157. The predicted molar refractivity (Wildman–Crippen MR) is 80.9 cm³/mol. The molecular weight excluding hydrogens is 327 g/mol. The second-order valence-corrected chi connectivity index (χ2v) is 6.94. The molecule has 1 N–H and O–H groups in total. The lowest BCUT2D eigenvalue weighted by Gasteiger charge is -2.26. The Balaban J connectivity index is 2.67. The molecule has 24 heavy (non-hydrogen) atoms. The van der Waals surface area contributed by atoms with E-state index in [-0.39, 0.29) is 32.0 Å². The summed E-state index contributed by atoms with van der Waals surface area (Å²) in [6.07, 6.45) is -4.75. The molecule has 1 aliphatic heterocycles. The molecule has 1 rings (SSSR count). The minimum atomic E-state index is -4.50. The molecule has 0 aromatic heterocycles. The fraction of sp³-hybridized carbons (Fsp3) is 0.800. The first-order valence-corrected chi connectivity index (χ1v) is 7.76. The van der Waals surface area contributed by atoms with E-state index in [9.17, 15) is 27.6 Å². The molecule has 1 heterocycles. The van der Waals surface area contributed by atoms with E-state index in [1.165, 1.54) is 4.90 Å². The van der Waals surface area contributed by atoms with Crippen LogP contribution < -0.4 is 5.32 Å². The minimum Gasteiger partial charge on any atom is -0.350 e. The molecule has 6 nitrogen and oxygen atoms in total. The summed E-state index contributed by atoms with van der Waals surface area (Å²) in [5.74, 6) is -2.36. The van der Waals surface area contributed by atoms with Crippen LogP contribution in [0, 0.1) is 5.92 Å². The number of likely N-dealkylation sites (N-methyl/N-ethyl adjacent to an activating group) is 1. The lowest BCUT2D eigenvalue weighted by Crippen LogP contribution is -2.48. The summed E-state index contributed by atoms with van der Waals surface area (Å²) in [4.78, 5) is 37.9. The number of alkyl halides is 3. The van der Waals surface area contributed by atoms with Crippen LogP contribution in [-0.4, -0.2) is 65.4 Å². The van der Waals surface area contributed by atoms with Gasteiger partial charge in [0.05, 0.1) is 12.5 Å². The van der Waals surface area contributed by atoms with Crippen LogP contribution in [0.15, 0.2) is 0 Å². The fourth-order valence-electron chi connectivity index (χ4n) is 2.54. The first-order chi connectivity index (χ1) is 10.8. The molecule has 0 aliphatic carbocycles. The van der Waals surface area contributed by atoms with Crippen LogP contribution in [0.3, 0.4) is 0 Å². The van der Waals surface area contributed by atoms with Gasteiger partial charge in [0.25, 0.3) is 0 Å². The molecule has 0 radical (unpaired) electrons. The SMILES string of the molecule is CCN(CC(=O)NC(C)(C)C)C(=O)C1CC(=O)N(CC(F)(F)F)C1. The summed E-state index contributed by atoms with van der Waals surface area (Å²) in [6, 6.07) is 0. The second-order valence-electron chi connectivity index (χ2n) is 6.94. The maximum atomic E-state index is 12.4. The zero-order valence-electron chi connectivity index (χ0n) is 14.4. The minimum absolute atomic E-state index is 0.184. The number of halogens is 3. The molecular formula is C15H24F3N3O3. The third kappa shape index (κ3) is 6.37. The van der Waals surface area contributed by atoms with Crippen LogP contribution in [0.2, 0.25) is 0 Å². The van der Waals surface area contributed by atoms with Gasteiger partial charge in [0.2, 0.25) is 17.7 Å². The second kappa shape index (κ2) is 7.40. The van der Waals surface area contributed by atoms with Crippen LogP contribution in [0.4, 0.5) is 13.2 Å². The summed E-state index contributed by atoms with van der Waals surface area (Å²) >= 11 is 0. The third-order valence-electron chi connectivity index (χ3n) is 3.48. The van der Waals surface area contributed by atoms with Gasteiger partial charge >= 0.3 is 6.18 Å². The fourth-order valence-corrected chi connectivity index (χ4v) is 2.54. The summed E-state index contributed by atoms with van der Waals surface area (Å²) in [5, 5.41) is 2.72. The summed E-state index contributed by atoms with van der Waals surface area (Å²) in [5.41, 5.74) is -0.452. The topological polar surface area (TPSA) is 69.7 Å². The molecule has 1 aliphatic rings. The van der Waals surface area contributed by atoms with Crippen molar-refractivity contribution in [2.45, 2.75) is 45.8 Å². The Kier molecular flexibility index (Phi) is 6.24. The predicted octanol–water partition coefficient (Wildman–Crippen LogP) is 1.16. The molecule has 1 unspecified atom stereocenters. The van der Waals surface area contributed by atoms with E-state index >= 15 is 0 Å². The van der Waals surface area contributed by atoms with Crippen molar-refractivity contribution >= 4 is 17.7 Å². The van der Waals surface area contributed by atoms with Crippen molar-refractivity contribution < 1.29 is 27.6 Å². The van der Waals surface area contributed by atoms with Gasteiger partial charge in [0, 0.05) is 25.0 Å². The zero-order valence-corrected chi connectivity index (χ0v) is 14.4. The number of likely N-dealkylation sites (tertiary alicyclic amines) is 1. The summed E-state index contributed by atoms with van der Waals surface area (Å²) in [7, 11) is 0. The standard InChI is InChI=1S/C15H24F3N3O3/c1-5-20(8-11(22)19-14(2,3)4)13(24)10-6-12(23)21(7-10)9-15(16,17)18/h10H,5-9H2,1-4H3,(H,19,22). The average molecular weight is 351 g/mol. The van der Waals surface area contributed by atoms with Gasteiger partial charge in [-0.05, 0) is 27.7 Å². The van der Waals surface area contributed by atoms with Gasteiger partial charge in [-0.3, -0.25) is 14.4 Å². The maximum absolute atomic E-state index is 12.4. The van der Waals surface area contributed by atoms with E-state index in [0.717, 1.165) is 0 Å². The molecule has 1 saturated heterocycles. The number of nitrogens with one attached hydrogen (secondary N) is 1. The lowest BCUT2D eigenvalue weighted by atomic mass is 10.1. The Labute approximate surface area is 139 Å². The molecule has 3 amide bonds. The van der Waals surface area contributed by atoms with Crippen LogP contribution in [0.25, 0.3) is 0 Å². The highest BCUT2D eigenvalue weighted by Crippen LogP contribution is 2.25. The number of rotatable bonds is 5. The van der Waals surface area contributed by atoms with Crippen molar-refractivity contribution in [3.63, 3.8) is 0 Å². The largest absolute Gasteiger partial charge is 0.406 e. The molecule has 1 atom stereocenters. The summed E-state index contributed by atoms with van der Waals surface area (Å²) < 4.78 is 37.3. The number of amides is 3. The molecule has 0 aromatic carbocycles. The van der Waals surface area contributed by atoms with E-state index in [0.29, 0.717) is 4.90 Å². The number of nitrogens with zero attached hydrogens (tertiary/aromatic N) is 2. The number of hydrogen-bond acceptors (Lipinski definition) is 3. The van der Waals surface area contributed by atoms with E-state index in [4.69, 9.17) is 0 Å². The normalized spacial score (nSPS) is 18.7. The Hall–Kier alpha value is -1.80. The van der Waals surface area contributed by atoms with Crippen LogP contribution >= 0.6 is 0 Å². The monoisotopic (exact) mass is 351 g/mol. The van der Waals surface area contributed by atoms with Crippen LogP contribution in [0.5, 0.6) is 0 Å².